The summed E-state index contributed by atoms with van der Waals surface area (Å²) in [4.78, 5) is 25.5. The number of nitrogens with zero attached hydrogens (tertiary/aromatic N) is 5. The number of pyridine rings is 1. The quantitative estimate of drug-likeness (QED) is 0.488. The van der Waals surface area contributed by atoms with Crippen LogP contribution in [-0.4, -0.2) is 51.6 Å². The van der Waals surface area contributed by atoms with E-state index < -0.39 is 10.0 Å². The second kappa shape index (κ2) is 7.60. The average Bonchev–Trinajstić information content (AvgIpc) is 3.03. The van der Waals surface area contributed by atoms with Gasteiger partial charge >= 0.3 is 0 Å². The fourth-order valence-electron chi connectivity index (χ4n) is 3.20. The molecule has 0 unspecified atom stereocenters. The molecule has 4 rings (SSSR count). The molecular weight excluding hydrogens is 418 g/mol. The first-order chi connectivity index (χ1) is 14.6. The molecule has 0 bridgehead atoms. The number of H-pyrrole nitrogens is 1. The van der Waals surface area contributed by atoms with Crippen LogP contribution in [0.15, 0.2) is 52.3 Å². The number of anilines is 2. The normalized spacial score (nSPS) is 11.9. The molecule has 0 radical (unpaired) electrons. The third-order valence-corrected chi connectivity index (χ3v) is 6.47. The standard InChI is InChI=1S/C20H21N7O3S/c1-12-8-19(23-13(2)22-12)24-18-10-17-16(11-21-18)20(28)25-27(17)14-6-5-7-15(9-14)31(29,30)26(3)4/h5-11H,1-4H3,(H,25,28)(H,21,22,23,24). The highest BCUT2D eigenvalue weighted by Crippen LogP contribution is 2.22. The minimum absolute atomic E-state index is 0.122. The van der Waals surface area contributed by atoms with E-state index in [1.165, 1.54) is 37.1 Å². The smallest absolute Gasteiger partial charge is 0.273 e. The first-order valence-electron chi connectivity index (χ1n) is 9.38. The molecule has 0 aliphatic rings. The van der Waals surface area contributed by atoms with Crippen LogP contribution in [0.25, 0.3) is 16.6 Å². The Morgan fingerprint density at radius 2 is 1.84 bits per heavy atom. The second-order valence-electron chi connectivity index (χ2n) is 7.21. The van der Waals surface area contributed by atoms with E-state index in [1.54, 1.807) is 31.2 Å². The van der Waals surface area contributed by atoms with Crippen LogP contribution in [0.1, 0.15) is 11.5 Å². The number of hydrogen-bond donors (Lipinski definition) is 2. The van der Waals surface area contributed by atoms with Gasteiger partial charge in [-0.1, -0.05) is 6.07 Å². The highest BCUT2D eigenvalue weighted by molar-refractivity contribution is 7.89. The minimum Gasteiger partial charge on any atom is -0.325 e. The summed E-state index contributed by atoms with van der Waals surface area (Å²) in [7, 11) is -0.687. The SMILES string of the molecule is Cc1cc(Nc2cc3c(cn2)c(=O)[nH]n3-c2cccc(S(=O)(=O)N(C)C)c2)nc(C)n1. The number of sulfonamides is 1. The lowest BCUT2D eigenvalue weighted by atomic mass is 10.3. The zero-order valence-corrected chi connectivity index (χ0v) is 18.2. The fourth-order valence-corrected chi connectivity index (χ4v) is 4.15. The molecule has 11 heteroatoms. The van der Waals surface area contributed by atoms with Crippen molar-refractivity contribution in [2.45, 2.75) is 18.7 Å². The predicted molar refractivity (Wildman–Crippen MR) is 117 cm³/mol. The van der Waals surface area contributed by atoms with Gasteiger partial charge < -0.3 is 5.32 Å². The summed E-state index contributed by atoms with van der Waals surface area (Å²) in [6.45, 7) is 3.67. The van der Waals surface area contributed by atoms with Crippen molar-refractivity contribution in [1.29, 1.82) is 0 Å². The predicted octanol–water partition coefficient (Wildman–Crippen LogP) is 2.11. The molecule has 0 aliphatic carbocycles. The zero-order chi connectivity index (χ0) is 22.3. The van der Waals surface area contributed by atoms with Gasteiger partial charge in [0.15, 0.2) is 0 Å². The minimum atomic E-state index is -3.62. The first-order valence-corrected chi connectivity index (χ1v) is 10.8. The number of benzene rings is 1. The molecule has 2 N–H and O–H groups in total. The third-order valence-electron chi connectivity index (χ3n) is 4.66. The number of aromatic amines is 1. The van der Waals surface area contributed by atoms with Crippen molar-refractivity contribution >= 4 is 32.6 Å². The molecular formula is C20H21N7O3S. The zero-order valence-electron chi connectivity index (χ0n) is 17.4. The van der Waals surface area contributed by atoms with Crippen molar-refractivity contribution in [1.82, 2.24) is 29.0 Å². The Labute approximate surface area is 178 Å². The molecule has 0 amide bonds. The van der Waals surface area contributed by atoms with Crippen LogP contribution in [0.3, 0.4) is 0 Å². The van der Waals surface area contributed by atoms with E-state index in [4.69, 9.17) is 0 Å². The summed E-state index contributed by atoms with van der Waals surface area (Å²) < 4.78 is 27.7. The van der Waals surface area contributed by atoms with Crippen molar-refractivity contribution in [2.24, 2.45) is 0 Å². The number of aromatic nitrogens is 5. The van der Waals surface area contributed by atoms with Crippen molar-refractivity contribution in [3.05, 3.63) is 64.5 Å². The Kier molecular flexibility index (Phi) is 5.07. The molecule has 160 valence electrons. The summed E-state index contributed by atoms with van der Waals surface area (Å²) in [6.07, 6.45) is 1.47. The second-order valence-corrected chi connectivity index (χ2v) is 9.37. The van der Waals surface area contributed by atoms with Crippen LogP contribution < -0.4 is 10.9 Å². The average molecular weight is 440 g/mol. The number of hydrogen-bond acceptors (Lipinski definition) is 7. The van der Waals surface area contributed by atoms with Gasteiger partial charge in [-0.05, 0) is 32.0 Å². The van der Waals surface area contributed by atoms with E-state index in [1.807, 2.05) is 6.92 Å². The van der Waals surface area contributed by atoms with Crippen molar-refractivity contribution in [3.63, 3.8) is 0 Å². The van der Waals surface area contributed by atoms with E-state index in [0.717, 1.165) is 10.00 Å². The van der Waals surface area contributed by atoms with E-state index in [2.05, 4.69) is 25.4 Å². The van der Waals surface area contributed by atoms with Crippen LogP contribution in [-0.2, 0) is 10.0 Å². The highest BCUT2D eigenvalue weighted by atomic mass is 32.2. The van der Waals surface area contributed by atoms with Crippen LogP contribution in [0.5, 0.6) is 0 Å². The Morgan fingerprint density at radius 3 is 2.55 bits per heavy atom. The lowest BCUT2D eigenvalue weighted by Crippen LogP contribution is -2.22. The molecule has 3 aromatic heterocycles. The van der Waals surface area contributed by atoms with Gasteiger partial charge in [-0.15, -0.1) is 0 Å². The summed E-state index contributed by atoms with van der Waals surface area (Å²) >= 11 is 0. The molecule has 31 heavy (non-hydrogen) atoms. The van der Waals surface area contributed by atoms with Gasteiger partial charge in [0.25, 0.3) is 5.56 Å². The molecule has 3 heterocycles. The highest BCUT2D eigenvalue weighted by Gasteiger charge is 2.18. The maximum Gasteiger partial charge on any atom is 0.273 e. The van der Waals surface area contributed by atoms with E-state index in [-0.39, 0.29) is 10.5 Å². The largest absolute Gasteiger partial charge is 0.325 e. The van der Waals surface area contributed by atoms with Crippen molar-refractivity contribution < 1.29 is 8.42 Å². The molecule has 0 saturated carbocycles. The van der Waals surface area contributed by atoms with E-state index >= 15 is 0 Å². The van der Waals surface area contributed by atoms with E-state index in [0.29, 0.717) is 34.1 Å². The lowest BCUT2D eigenvalue weighted by Gasteiger charge is -2.13. The monoisotopic (exact) mass is 439 g/mol. The maximum absolute atomic E-state index is 12.5. The van der Waals surface area contributed by atoms with Crippen LogP contribution >= 0.6 is 0 Å². The molecule has 1 aromatic carbocycles. The Morgan fingerprint density at radius 1 is 1.06 bits per heavy atom. The van der Waals surface area contributed by atoms with Gasteiger partial charge in [0.1, 0.15) is 17.5 Å². The summed E-state index contributed by atoms with van der Waals surface area (Å²) in [5, 5.41) is 6.24. The molecule has 0 aliphatic heterocycles. The van der Waals surface area contributed by atoms with Crippen LogP contribution in [0.2, 0.25) is 0 Å². The Bertz CT molecular complexity index is 1440. The van der Waals surface area contributed by atoms with Crippen LogP contribution in [0.4, 0.5) is 11.6 Å². The number of rotatable bonds is 5. The number of aryl methyl sites for hydroxylation is 2. The van der Waals surface area contributed by atoms with Crippen molar-refractivity contribution in [2.75, 3.05) is 19.4 Å². The maximum atomic E-state index is 12.5. The summed E-state index contributed by atoms with van der Waals surface area (Å²) in [5.74, 6) is 1.69. The Hall–Kier alpha value is -3.57. The fraction of sp³-hybridized carbons (Fsp3) is 0.200. The topological polar surface area (TPSA) is 126 Å². The van der Waals surface area contributed by atoms with E-state index in [9.17, 15) is 13.2 Å². The third kappa shape index (κ3) is 3.92. The number of fused-ring (bicyclic) bond motifs is 1. The van der Waals surface area contributed by atoms with Crippen LogP contribution in [0, 0.1) is 13.8 Å². The molecule has 0 fully saturated rings. The first kappa shape index (κ1) is 20.7. The summed E-state index contributed by atoms with van der Waals surface area (Å²) in [6, 6.07) is 9.86. The van der Waals surface area contributed by atoms with Gasteiger partial charge in [-0.25, -0.2) is 27.7 Å². The van der Waals surface area contributed by atoms with Gasteiger partial charge in [-0.3, -0.25) is 14.6 Å². The van der Waals surface area contributed by atoms with Gasteiger partial charge in [0.05, 0.1) is 21.5 Å². The Balaban J connectivity index is 1.81. The molecule has 0 saturated heterocycles. The van der Waals surface area contributed by atoms with Gasteiger partial charge in [0.2, 0.25) is 10.0 Å². The molecule has 4 aromatic rings. The molecule has 10 nitrogen and oxygen atoms in total. The van der Waals surface area contributed by atoms with Gasteiger partial charge in [-0.2, -0.15) is 0 Å². The molecule has 0 atom stereocenters. The molecule has 0 spiro atoms. The number of nitrogens with one attached hydrogen (secondary N) is 2. The van der Waals surface area contributed by atoms with Gasteiger partial charge in [0, 0.05) is 38.1 Å². The summed E-state index contributed by atoms with van der Waals surface area (Å²) in [5.41, 5.74) is 1.53. The van der Waals surface area contributed by atoms with Crippen molar-refractivity contribution in [3.8, 4) is 5.69 Å². The lowest BCUT2D eigenvalue weighted by molar-refractivity contribution is 0.520.